The zero-order valence-corrected chi connectivity index (χ0v) is 15.1. The summed E-state index contributed by atoms with van der Waals surface area (Å²) in [5, 5.41) is 4.53. The first kappa shape index (κ1) is 17.2. The molecule has 4 N–H and O–H groups in total. The van der Waals surface area contributed by atoms with E-state index in [2.05, 4.69) is 34.4 Å². The maximum atomic E-state index is 5.90. The Bertz CT molecular complexity index is 1070. The van der Waals surface area contributed by atoms with Crippen molar-refractivity contribution in [2.45, 2.75) is 12.8 Å². The highest BCUT2D eigenvalue weighted by molar-refractivity contribution is 6.28. The topological polar surface area (TPSA) is 104 Å². The lowest BCUT2D eigenvalue weighted by molar-refractivity contribution is 0.425. The van der Waals surface area contributed by atoms with E-state index in [1.165, 1.54) is 0 Å². The van der Waals surface area contributed by atoms with Crippen LogP contribution in [0.25, 0.3) is 11.3 Å². The van der Waals surface area contributed by atoms with Gasteiger partial charge in [0.1, 0.15) is 17.4 Å². The summed E-state index contributed by atoms with van der Waals surface area (Å²) in [4.78, 5) is 4.04. The van der Waals surface area contributed by atoms with Gasteiger partial charge < -0.3 is 20.4 Å². The summed E-state index contributed by atoms with van der Waals surface area (Å²) in [5.41, 5.74) is 15.3. The van der Waals surface area contributed by atoms with Crippen molar-refractivity contribution in [1.29, 1.82) is 0 Å². The van der Waals surface area contributed by atoms with Gasteiger partial charge in [0.05, 0.1) is 11.3 Å². The molecule has 0 aliphatic heterocycles. The first-order valence-electron chi connectivity index (χ1n) is 8.37. The summed E-state index contributed by atoms with van der Waals surface area (Å²) in [6.07, 6.45) is 1.35. The van der Waals surface area contributed by atoms with Crippen LogP contribution in [0.5, 0.6) is 0 Å². The van der Waals surface area contributed by atoms with Crippen LogP contribution in [0.2, 0.25) is 5.22 Å². The van der Waals surface area contributed by atoms with E-state index in [0.717, 1.165) is 22.6 Å². The molecule has 0 atom stereocenters. The molecule has 0 unspecified atom stereocenters. The third kappa shape index (κ3) is 3.96. The zero-order chi connectivity index (χ0) is 18.8. The first-order chi connectivity index (χ1) is 13.1. The van der Waals surface area contributed by atoms with Gasteiger partial charge in [0.25, 0.3) is 0 Å². The van der Waals surface area contributed by atoms with Gasteiger partial charge in [0, 0.05) is 18.9 Å². The van der Waals surface area contributed by atoms with Gasteiger partial charge in [-0.1, -0.05) is 29.4 Å². The van der Waals surface area contributed by atoms with E-state index < -0.39 is 0 Å². The zero-order valence-electron chi connectivity index (χ0n) is 14.4. The summed E-state index contributed by atoms with van der Waals surface area (Å²) in [5.74, 6) is 2.10. The van der Waals surface area contributed by atoms with E-state index in [1.807, 2.05) is 12.1 Å². The second-order valence-electron chi connectivity index (χ2n) is 6.23. The van der Waals surface area contributed by atoms with Crippen LogP contribution in [-0.4, -0.2) is 10.1 Å². The van der Waals surface area contributed by atoms with Crippen LogP contribution < -0.4 is 11.5 Å². The summed E-state index contributed by atoms with van der Waals surface area (Å²) in [7, 11) is 0. The van der Waals surface area contributed by atoms with Gasteiger partial charge >= 0.3 is 0 Å². The van der Waals surface area contributed by atoms with Crippen LogP contribution in [0.1, 0.15) is 22.6 Å². The molecule has 0 spiro atoms. The molecule has 0 fully saturated rings. The maximum absolute atomic E-state index is 5.90. The van der Waals surface area contributed by atoms with Crippen molar-refractivity contribution in [3.8, 4) is 11.3 Å². The monoisotopic (exact) mass is 380 g/mol. The minimum Gasteiger partial charge on any atom is -0.449 e. The predicted octanol–water partition coefficient (Wildman–Crippen LogP) is 4.33. The SMILES string of the molecule is Nc1ccc(-c2cc(Cc3ccc(Cc4ccc(Cl)o4)cc3)no2)c(N)n1. The van der Waals surface area contributed by atoms with Crippen molar-refractivity contribution in [2.75, 3.05) is 11.5 Å². The number of nitrogens with zero attached hydrogens (tertiary/aromatic N) is 2. The van der Waals surface area contributed by atoms with E-state index in [4.69, 9.17) is 32.0 Å². The van der Waals surface area contributed by atoms with Gasteiger partial charge in [-0.15, -0.1) is 0 Å². The average Bonchev–Trinajstić information content (AvgIpc) is 3.26. The second kappa shape index (κ2) is 7.17. The van der Waals surface area contributed by atoms with E-state index in [0.29, 0.717) is 41.0 Å². The molecule has 4 aromatic rings. The van der Waals surface area contributed by atoms with E-state index in [1.54, 1.807) is 18.2 Å². The van der Waals surface area contributed by atoms with Gasteiger partial charge in [-0.2, -0.15) is 0 Å². The fourth-order valence-electron chi connectivity index (χ4n) is 2.85. The third-order valence-electron chi connectivity index (χ3n) is 4.19. The molecule has 0 aliphatic carbocycles. The van der Waals surface area contributed by atoms with Crippen LogP contribution in [0.4, 0.5) is 11.6 Å². The lowest BCUT2D eigenvalue weighted by Crippen LogP contribution is -1.97. The van der Waals surface area contributed by atoms with E-state index in [9.17, 15) is 0 Å². The molecule has 0 aliphatic rings. The highest BCUT2D eigenvalue weighted by Gasteiger charge is 2.12. The number of pyridine rings is 1. The summed E-state index contributed by atoms with van der Waals surface area (Å²) < 4.78 is 10.8. The Hall–Kier alpha value is -3.25. The van der Waals surface area contributed by atoms with Gasteiger partial charge in [-0.3, -0.25) is 0 Å². The number of halogens is 1. The van der Waals surface area contributed by atoms with Crippen molar-refractivity contribution in [3.63, 3.8) is 0 Å². The number of benzene rings is 1. The van der Waals surface area contributed by atoms with Gasteiger partial charge in [0.2, 0.25) is 0 Å². The normalized spacial score (nSPS) is 11.0. The number of hydrogen-bond acceptors (Lipinski definition) is 6. The Balaban J connectivity index is 1.46. The van der Waals surface area contributed by atoms with Crippen LogP contribution >= 0.6 is 11.6 Å². The smallest absolute Gasteiger partial charge is 0.193 e. The molecule has 4 rings (SSSR count). The number of nitrogen functional groups attached to an aromatic ring is 2. The van der Waals surface area contributed by atoms with Gasteiger partial charge in [0.15, 0.2) is 11.0 Å². The summed E-state index contributed by atoms with van der Waals surface area (Å²) in [6.45, 7) is 0. The lowest BCUT2D eigenvalue weighted by atomic mass is 10.0. The number of anilines is 2. The second-order valence-corrected chi connectivity index (χ2v) is 6.60. The van der Waals surface area contributed by atoms with E-state index in [-0.39, 0.29) is 0 Å². The number of aromatic nitrogens is 2. The Morgan fingerprint density at radius 1 is 0.889 bits per heavy atom. The molecule has 27 heavy (non-hydrogen) atoms. The molecule has 0 radical (unpaired) electrons. The molecule has 3 aromatic heterocycles. The van der Waals surface area contributed by atoms with Crippen LogP contribution in [0, 0.1) is 0 Å². The van der Waals surface area contributed by atoms with Crippen molar-refractivity contribution in [1.82, 2.24) is 10.1 Å². The molecule has 0 saturated carbocycles. The minimum atomic E-state index is 0.320. The Morgan fingerprint density at radius 2 is 1.63 bits per heavy atom. The molecule has 0 saturated heterocycles. The van der Waals surface area contributed by atoms with Crippen molar-refractivity contribution >= 4 is 23.2 Å². The number of furan rings is 1. The molecule has 0 amide bonds. The highest BCUT2D eigenvalue weighted by atomic mass is 35.5. The lowest BCUT2D eigenvalue weighted by Gasteiger charge is -2.02. The van der Waals surface area contributed by atoms with Crippen LogP contribution in [-0.2, 0) is 12.8 Å². The maximum Gasteiger partial charge on any atom is 0.193 e. The highest BCUT2D eigenvalue weighted by Crippen LogP contribution is 2.26. The van der Waals surface area contributed by atoms with Gasteiger partial charge in [-0.05, 0) is 47.0 Å². The van der Waals surface area contributed by atoms with Gasteiger partial charge in [-0.25, -0.2) is 4.98 Å². The quantitative estimate of drug-likeness (QED) is 0.534. The first-order valence-corrected chi connectivity index (χ1v) is 8.74. The minimum absolute atomic E-state index is 0.320. The number of nitrogens with two attached hydrogens (primary N) is 2. The molecule has 6 nitrogen and oxygen atoms in total. The van der Waals surface area contributed by atoms with E-state index >= 15 is 0 Å². The third-order valence-corrected chi connectivity index (χ3v) is 4.39. The molecule has 7 heteroatoms. The van der Waals surface area contributed by atoms with Crippen molar-refractivity contribution < 1.29 is 8.94 Å². The fourth-order valence-corrected chi connectivity index (χ4v) is 3.02. The summed E-state index contributed by atoms with van der Waals surface area (Å²) in [6, 6.07) is 17.2. The average molecular weight is 381 g/mol. The standard InChI is InChI=1S/C20H17ClN4O2/c21-18-7-5-15(26-18)10-13-3-1-12(2-4-13)9-14-11-17(27-25-14)16-6-8-19(22)24-20(16)23/h1-8,11H,9-10H2,(H4,22,23,24). The summed E-state index contributed by atoms with van der Waals surface area (Å²) >= 11 is 5.81. The molecule has 136 valence electrons. The Kier molecular flexibility index (Phi) is 4.56. The van der Waals surface area contributed by atoms with Crippen LogP contribution in [0.15, 0.2) is 63.5 Å². The number of rotatable bonds is 5. The van der Waals surface area contributed by atoms with Crippen molar-refractivity contribution in [3.05, 3.63) is 82.4 Å². The van der Waals surface area contributed by atoms with Crippen molar-refractivity contribution in [2.24, 2.45) is 0 Å². The fraction of sp³-hybridized carbons (Fsp3) is 0.100. The largest absolute Gasteiger partial charge is 0.449 e. The molecular formula is C20H17ClN4O2. The molecule has 1 aromatic carbocycles. The number of hydrogen-bond donors (Lipinski definition) is 2. The van der Waals surface area contributed by atoms with Crippen LogP contribution in [0.3, 0.4) is 0 Å². The Morgan fingerprint density at radius 3 is 2.30 bits per heavy atom. The molecule has 0 bridgehead atoms. The molecular weight excluding hydrogens is 364 g/mol. The Labute approximate surface area is 160 Å². The molecule has 3 heterocycles. The predicted molar refractivity (Wildman–Crippen MR) is 104 cm³/mol.